The van der Waals surface area contributed by atoms with Gasteiger partial charge in [0.2, 0.25) is 0 Å². The number of sulfonamides is 1. The standard InChI is InChI=1S/C12H6BrF6NO2S2/c13-9-1-2-10(23-9)24(21,22)20-8-4-6(11(14,15)16)3-7(5-8)12(17,18)19/h1-5,20H. The Morgan fingerprint density at radius 3 is 1.79 bits per heavy atom. The van der Waals surface area contributed by atoms with Gasteiger partial charge in [-0.15, -0.1) is 11.3 Å². The number of alkyl halides is 6. The predicted octanol–water partition coefficient (Wildman–Crippen LogP) is 5.35. The van der Waals surface area contributed by atoms with Gasteiger partial charge in [-0.3, -0.25) is 4.72 Å². The van der Waals surface area contributed by atoms with Gasteiger partial charge in [0.1, 0.15) is 4.21 Å². The number of thiophene rings is 1. The lowest BCUT2D eigenvalue weighted by Gasteiger charge is -2.15. The van der Waals surface area contributed by atoms with Gasteiger partial charge < -0.3 is 0 Å². The van der Waals surface area contributed by atoms with Crippen molar-refractivity contribution in [2.45, 2.75) is 16.6 Å². The van der Waals surface area contributed by atoms with Gasteiger partial charge in [0.25, 0.3) is 10.0 Å². The highest BCUT2D eigenvalue weighted by molar-refractivity contribution is 9.11. The monoisotopic (exact) mass is 453 g/mol. The Morgan fingerprint density at radius 1 is 0.917 bits per heavy atom. The summed E-state index contributed by atoms with van der Waals surface area (Å²) in [6.45, 7) is 0. The van der Waals surface area contributed by atoms with E-state index in [1.807, 2.05) is 0 Å². The first kappa shape index (κ1) is 19.1. The highest BCUT2D eigenvalue weighted by Gasteiger charge is 2.37. The molecule has 0 atom stereocenters. The summed E-state index contributed by atoms with van der Waals surface area (Å²) in [6, 6.07) is 3.06. The maximum Gasteiger partial charge on any atom is 0.416 e. The SMILES string of the molecule is O=S(=O)(Nc1cc(C(F)(F)F)cc(C(F)(F)F)c1)c1ccc(Br)s1. The molecule has 1 heterocycles. The first-order valence-electron chi connectivity index (χ1n) is 5.87. The fourth-order valence-electron chi connectivity index (χ4n) is 1.66. The molecule has 0 spiro atoms. The summed E-state index contributed by atoms with van der Waals surface area (Å²) in [6.07, 6.45) is -10.1. The predicted molar refractivity (Wildman–Crippen MR) is 79.3 cm³/mol. The first-order chi connectivity index (χ1) is 10.8. The molecule has 0 bridgehead atoms. The summed E-state index contributed by atoms with van der Waals surface area (Å²) >= 11 is 3.77. The summed E-state index contributed by atoms with van der Waals surface area (Å²) in [5.74, 6) is 0. The van der Waals surface area contributed by atoms with E-state index in [2.05, 4.69) is 15.9 Å². The highest BCUT2D eigenvalue weighted by Crippen LogP contribution is 2.38. The molecule has 12 heteroatoms. The Hall–Kier alpha value is -1.27. The Balaban J connectivity index is 2.50. The fourth-order valence-corrected chi connectivity index (χ4v) is 4.71. The molecule has 0 saturated carbocycles. The molecule has 0 saturated heterocycles. The van der Waals surface area contributed by atoms with Crippen LogP contribution in [0.3, 0.4) is 0 Å². The van der Waals surface area contributed by atoms with Gasteiger partial charge in [0.15, 0.2) is 0 Å². The average Bonchev–Trinajstić information content (AvgIpc) is 2.83. The van der Waals surface area contributed by atoms with Crippen LogP contribution in [0.2, 0.25) is 0 Å². The van der Waals surface area contributed by atoms with Crippen molar-refractivity contribution < 1.29 is 34.8 Å². The molecule has 24 heavy (non-hydrogen) atoms. The van der Waals surface area contributed by atoms with E-state index < -0.39 is 39.2 Å². The number of nitrogens with one attached hydrogen (secondary N) is 1. The van der Waals surface area contributed by atoms with Crippen molar-refractivity contribution in [3.63, 3.8) is 0 Å². The van der Waals surface area contributed by atoms with Crippen LogP contribution in [0.5, 0.6) is 0 Å². The average molecular weight is 454 g/mol. The number of halogens is 7. The van der Waals surface area contributed by atoms with Crippen LogP contribution in [0.15, 0.2) is 38.3 Å². The van der Waals surface area contributed by atoms with Gasteiger partial charge in [-0.05, 0) is 46.3 Å². The van der Waals surface area contributed by atoms with Crippen molar-refractivity contribution in [3.05, 3.63) is 45.2 Å². The summed E-state index contributed by atoms with van der Waals surface area (Å²) in [7, 11) is -4.31. The van der Waals surface area contributed by atoms with Gasteiger partial charge in [-0.25, -0.2) is 8.42 Å². The molecule has 2 rings (SSSR count). The van der Waals surface area contributed by atoms with Gasteiger partial charge in [-0.1, -0.05) is 0 Å². The zero-order chi connectivity index (χ0) is 18.3. The maximum absolute atomic E-state index is 12.7. The molecular weight excluding hydrogens is 448 g/mol. The number of rotatable bonds is 3. The van der Waals surface area contributed by atoms with Crippen molar-refractivity contribution >= 4 is 43.0 Å². The molecule has 1 aromatic heterocycles. The third-order valence-electron chi connectivity index (χ3n) is 2.65. The number of anilines is 1. The lowest BCUT2D eigenvalue weighted by atomic mass is 10.1. The second kappa shape index (κ2) is 6.23. The summed E-state index contributed by atoms with van der Waals surface area (Å²) in [4.78, 5) is 0. The summed E-state index contributed by atoms with van der Waals surface area (Å²) in [5, 5.41) is 0. The van der Waals surface area contributed by atoms with Crippen LogP contribution in [0.1, 0.15) is 11.1 Å². The number of hydrogen-bond acceptors (Lipinski definition) is 3. The topological polar surface area (TPSA) is 46.2 Å². The lowest BCUT2D eigenvalue weighted by molar-refractivity contribution is -0.143. The molecule has 0 unspecified atom stereocenters. The third-order valence-corrected chi connectivity index (χ3v) is 6.15. The van der Waals surface area contributed by atoms with E-state index in [0.717, 1.165) is 17.4 Å². The van der Waals surface area contributed by atoms with E-state index in [-0.39, 0.29) is 10.3 Å². The molecule has 1 N–H and O–H groups in total. The summed E-state index contributed by atoms with van der Waals surface area (Å²) in [5.41, 5.74) is -4.05. The summed E-state index contributed by atoms with van der Waals surface area (Å²) < 4.78 is 102. The zero-order valence-electron chi connectivity index (χ0n) is 11.2. The smallest absolute Gasteiger partial charge is 0.279 e. The molecule has 2 aromatic rings. The molecule has 0 radical (unpaired) electrons. The maximum atomic E-state index is 12.7. The Labute approximate surface area is 144 Å². The molecule has 0 amide bonds. The van der Waals surface area contributed by atoms with Crippen molar-refractivity contribution in [2.24, 2.45) is 0 Å². The number of hydrogen-bond donors (Lipinski definition) is 1. The van der Waals surface area contributed by atoms with Gasteiger partial charge in [-0.2, -0.15) is 26.3 Å². The molecule has 0 fully saturated rings. The molecule has 132 valence electrons. The van der Waals surface area contributed by atoms with E-state index in [1.165, 1.54) is 6.07 Å². The van der Waals surface area contributed by atoms with Crippen molar-refractivity contribution in [2.75, 3.05) is 4.72 Å². The largest absolute Gasteiger partial charge is 0.416 e. The van der Waals surface area contributed by atoms with Crippen LogP contribution < -0.4 is 4.72 Å². The van der Waals surface area contributed by atoms with E-state index in [4.69, 9.17) is 0 Å². The third kappa shape index (κ3) is 4.42. The van der Waals surface area contributed by atoms with Crippen LogP contribution >= 0.6 is 27.3 Å². The fraction of sp³-hybridized carbons (Fsp3) is 0.167. The van der Waals surface area contributed by atoms with E-state index in [0.29, 0.717) is 15.9 Å². The second-order valence-electron chi connectivity index (χ2n) is 4.46. The van der Waals surface area contributed by atoms with Crippen LogP contribution in [0.4, 0.5) is 32.0 Å². The number of benzene rings is 1. The van der Waals surface area contributed by atoms with E-state index >= 15 is 0 Å². The van der Waals surface area contributed by atoms with Gasteiger partial charge in [0, 0.05) is 0 Å². The Kier molecular flexibility index (Phi) is 4.94. The molecule has 0 aliphatic carbocycles. The van der Waals surface area contributed by atoms with Gasteiger partial charge >= 0.3 is 12.4 Å². The zero-order valence-corrected chi connectivity index (χ0v) is 14.4. The molecule has 1 aromatic carbocycles. The lowest BCUT2D eigenvalue weighted by Crippen LogP contribution is -2.15. The van der Waals surface area contributed by atoms with Crippen LogP contribution in [-0.4, -0.2) is 8.42 Å². The van der Waals surface area contributed by atoms with Crippen LogP contribution in [0, 0.1) is 0 Å². The van der Waals surface area contributed by atoms with Crippen molar-refractivity contribution in [1.82, 2.24) is 0 Å². The van der Waals surface area contributed by atoms with Crippen molar-refractivity contribution in [3.8, 4) is 0 Å². The Morgan fingerprint density at radius 2 is 1.42 bits per heavy atom. The normalized spacial score (nSPS) is 13.1. The van der Waals surface area contributed by atoms with Crippen LogP contribution in [-0.2, 0) is 22.4 Å². The second-order valence-corrected chi connectivity index (χ2v) is 8.83. The Bertz CT molecular complexity index is 825. The quantitative estimate of drug-likeness (QED) is 0.636. The van der Waals surface area contributed by atoms with Crippen LogP contribution in [0.25, 0.3) is 0 Å². The first-order valence-corrected chi connectivity index (χ1v) is 8.96. The van der Waals surface area contributed by atoms with E-state index in [9.17, 15) is 34.8 Å². The van der Waals surface area contributed by atoms with E-state index in [1.54, 1.807) is 4.72 Å². The molecule has 0 aliphatic heterocycles. The highest BCUT2D eigenvalue weighted by atomic mass is 79.9. The minimum atomic E-state index is -5.06. The van der Waals surface area contributed by atoms with Gasteiger partial charge in [0.05, 0.1) is 20.6 Å². The van der Waals surface area contributed by atoms with Crippen molar-refractivity contribution in [1.29, 1.82) is 0 Å². The molecule has 0 aliphatic rings. The molecule has 3 nitrogen and oxygen atoms in total. The minimum absolute atomic E-state index is 0.0838. The minimum Gasteiger partial charge on any atom is -0.279 e. The molecular formula is C12H6BrF6NO2S2.